The van der Waals surface area contributed by atoms with Gasteiger partial charge in [0.05, 0.1) is 19.7 Å². The molecule has 0 aliphatic heterocycles. The number of nitrogens with zero attached hydrogens (tertiary/aromatic N) is 2. The Morgan fingerprint density at radius 3 is 2.45 bits per heavy atom. The highest BCUT2D eigenvalue weighted by Crippen LogP contribution is 2.31. The molecular weight excluding hydrogens is 394 g/mol. The van der Waals surface area contributed by atoms with Crippen LogP contribution in [0.5, 0.6) is 11.5 Å². The van der Waals surface area contributed by atoms with E-state index in [4.69, 9.17) is 9.47 Å². The van der Waals surface area contributed by atoms with Crippen LogP contribution >= 0.6 is 0 Å². The number of aromatic nitrogens is 1. The molecule has 1 fully saturated rings. The monoisotopic (exact) mass is 419 g/mol. The van der Waals surface area contributed by atoms with Gasteiger partial charge in [-0.2, -0.15) is 4.31 Å². The van der Waals surface area contributed by atoms with Crippen LogP contribution in [0, 0.1) is 0 Å². The van der Waals surface area contributed by atoms with Gasteiger partial charge in [-0.15, -0.1) is 0 Å². The summed E-state index contributed by atoms with van der Waals surface area (Å²) in [5.41, 5.74) is 0. The van der Waals surface area contributed by atoms with E-state index in [1.54, 1.807) is 18.2 Å². The van der Waals surface area contributed by atoms with Crippen LogP contribution < -0.4 is 14.8 Å². The summed E-state index contributed by atoms with van der Waals surface area (Å²) in [5.74, 6) is 1.07. The molecule has 9 heteroatoms. The number of amides is 1. The van der Waals surface area contributed by atoms with Gasteiger partial charge in [0.25, 0.3) is 0 Å². The Balaban J connectivity index is 1.47. The zero-order valence-corrected chi connectivity index (χ0v) is 17.1. The minimum Gasteiger partial charge on any atom is -0.494 e. The lowest BCUT2D eigenvalue weighted by Gasteiger charge is -2.21. The van der Waals surface area contributed by atoms with Crippen molar-refractivity contribution < 1.29 is 22.7 Å². The molecule has 1 aromatic carbocycles. The minimum absolute atomic E-state index is 0.0959. The lowest BCUT2D eigenvalue weighted by Crippen LogP contribution is -2.42. The fraction of sp³-hybridized carbons (Fsp3) is 0.400. The number of benzene rings is 1. The van der Waals surface area contributed by atoms with Crippen LogP contribution in [0.25, 0.3) is 0 Å². The molecule has 0 spiro atoms. The van der Waals surface area contributed by atoms with E-state index in [2.05, 4.69) is 10.3 Å². The zero-order chi connectivity index (χ0) is 20.7. The Kier molecular flexibility index (Phi) is 7.05. The van der Waals surface area contributed by atoms with Crippen molar-refractivity contribution >= 4 is 15.9 Å². The summed E-state index contributed by atoms with van der Waals surface area (Å²) in [7, 11) is -3.75. The van der Waals surface area contributed by atoms with E-state index in [9.17, 15) is 13.2 Å². The van der Waals surface area contributed by atoms with Crippen molar-refractivity contribution in [1.82, 2.24) is 14.6 Å². The molecule has 1 N–H and O–H groups in total. The van der Waals surface area contributed by atoms with Gasteiger partial charge in [0.2, 0.25) is 15.9 Å². The fourth-order valence-corrected chi connectivity index (χ4v) is 4.37. The van der Waals surface area contributed by atoms with E-state index in [1.807, 2.05) is 19.1 Å². The normalized spacial score (nSPS) is 13.9. The van der Waals surface area contributed by atoms with Gasteiger partial charge in [0, 0.05) is 18.4 Å². The standard InChI is InChI=1S/C20H25N3O5S/c1-2-27-17-7-9-18(10-8-17)28-13-12-22-20(24)15-23(16-5-6-16)29(25,26)19-4-3-11-21-14-19/h3-4,7-11,14,16H,2,5-6,12-13,15H2,1H3,(H,22,24). The molecule has 1 amide bonds. The molecule has 0 radical (unpaired) electrons. The molecule has 0 bridgehead atoms. The summed E-state index contributed by atoms with van der Waals surface area (Å²) in [6, 6.07) is 10.1. The molecule has 156 valence electrons. The first-order valence-electron chi connectivity index (χ1n) is 9.55. The molecule has 1 aliphatic rings. The Morgan fingerprint density at radius 2 is 1.86 bits per heavy atom. The Labute approximate surface area is 170 Å². The Bertz CT molecular complexity index is 899. The second kappa shape index (κ2) is 9.71. The highest BCUT2D eigenvalue weighted by atomic mass is 32.2. The predicted molar refractivity (Wildman–Crippen MR) is 107 cm³/mol. The zero-order valence-electron chi connectivity index (χ0n) is 16.3. The Hall–Kier alpha value is -2.65. The highest BCUT2D eigenvalue weighted by molar-refractivity contribution is 7.89. The van der Waals surface area contributed by atoms with Gasteiger partial charge in [-0.25, -0.2) is 8.42 Å². The van der Waals surface area contributed by atoms with Crippen molar-refractivity contribution in [2.75, 3.05) is 26.3 Å². The summed E-state index contributed by atoms with van der Waals surface area (Å²) in [6.45, 7) is 2.85. The van der Waals surface area contributed by atoms with Crippen molar-refractivity contribution in [2.45, 2.75) is 30.7 Å². The van der Waals surface area contributed by atoms with Gasteiger partial charge < -0.3 is 14.8 Å². The number of nitrogens with one attached hydrogen (secondary N) is 1. The van der Waals surface area contributed by atoms with Gasteiger partial charge in [-0.05, 0) is 56.2 Å². The van der Waals surface area contributed by atoms with Crippen molar-refractivity contribution in [3.63, 3.8) is 0 Å². The van der Waals surface area contributed by atoms with E-state index < -0.39 is 10.0 Å². The average Bonchev–Trinajstić information content (AvgIpc) is 3.56. The van der Waals surface area contributed by atoms with Crippen LogP contribution in [0.15, 0.2) is 53.7 Å². The molecule has 0 saturated heterocycles. The van der Waals surface area contributed by atoms with Gasteiger partial charge in [0.15, 0.2) is 0 Å². The molecule has 3 rings (SSSR count). The third-order valence-corrected chi connectivity index (χ3v) is 6.20. The first-order valence-corrected chi connectivity index (χ1v) is 11.0. The maximum absolute atomic E-state index is 12.8. The van der Waals surface area contributed by atoms with E-state index in [-0.39, 0.29) is 36.5 Å². The second-order valence-electron chi connectivity index (χ2n) is 6.57. The molecular formula is C20H25N3O5S. The number of rotatable bonds is 11. The summed E-state index contributed by atoms with van der Waals surface area (Å²) in [6.07, 6.45) is 4.33. The predicted octanol–water partition coefficient (Wildman–Crippen LogP) is 1.83. The van der Waals surface area contributed by atoms with E-state index in [1.165, 1.54) is 22.8 Å². The molecule has 2 aromatic rings. The van der Waals surface area contributed by atoms with Crippen LogP contribution in [0.1, 0.15) is 19.8 Å². The average molecular weight is 420 g/mol. The third-order valence-electron chi connectivity index (χ3n) is 4.32. The largest absolute Gasteiger partial charge is 0.494 e. The molecule has 0 unspecified atom stereocenters. The maximum Gasteiger partial charge on any atom is 0.245 e. The summed E-state index contributed by atoms with van der Waals surface area (Å²) in [5, 5.41) is 2.71. The molecule has 0 atom stereocenters. The molecule has 1 heterocycles. The summed E-state index contributed by atoms with van der Waals surface area (Å²) in [4.78, 5) is 16.2. The highest BCUT2D eigenvalue weighted by Gasteiger charge is 2.39. The first-order chi connectivity index (χ1) is 14.0. The van der Waals surface area contributed by atoms with Gasteiger partial charge in [-0.3, -0.25) is 9.78 Å². The topological polar surface area (TPSA) is 97.8 Å². The minimum atomic E-state index is -3.75. The van der Waals surface area contributed by atoms with E-state index in [0.717, 1.165) is 18.6 Å². The quantitative estimate of drug-likeness (QED) is 0.558. The van der Waals surface area contributed by atoms with Crippen LogP contribution in [0.2, 0.25) is 0 Å². The number of pyridine rings is 1. The Morgan fingerprint density at radius 1 is 1.17 bits per heavy atom. The van der Waals surface area contributed by atoms with Gasteiger partial charge in [0.1, 0.15) is 23.0 Å². The molecule has 1 saturated carbocycles. The molecule has 29 heavy (non-hydrogen) atoms. The lowest BCUT2D eigenvalue weighted by molar-refractivity contribution is -0.121. The van der Waals surface area contributed by atoms with Crippen molar-refractivity contribution in [3.8, 4) is 11.5 Å². The number of carbonyl (C=O) groups is 1. The van der Waals surface area contributed by atoms with E-state index >= 15 is 0 Å². The number of hydrogen-bond donors (Lipinski definition) is 1. The molecule has 8 nitrogen and oxygen atoms in total. The van der Waals surface area contributed by atoms with Crippen molar-refractivity contribution in [3.05, 3.63) is 48.8 Å². The maximum atomic E-state index is 12.8. The fourth-order valence-electron chi connectivity index (χ4n) is 2.76. The lowest BCUT2D eigenvalue weighted by atomic mass is 10.3. The third kappa shape index (κ3) is 5.91. The summed E-state index contributed by atoms with van der Waals surface area (Å²) < 4.78 is 37.8. The second-order valence-corrected chi connectivity index (χ2v) is 8.46. The molecule has 1 aromatic heterocycles. The number of ether oxygens (including phenoxy) is 2. The smallest absolute Gasteiger partial charge is 0.245 e. The number of sulfonamides is 1. The van der Waals surface area contributed by atoms with Gasteiger partial charge in [-0.1, -0.05) is 0 Å². The number of hydrogen-bond acceptors (Lipinski definition) is 6. The first kappa shape index (κ1) is 21.1. The van der Waals surface area contributed by atoms with E-state index in [0.29, 0.717) is 12.4 Å². The van der Waals surface area contributed by atoms with Gasteiger partial charge >= 0.3 is 0 Å². The van der Waals surface area contributed by atoms with Crippen LogP contribution in [0.4, 0.5) is 0 Å². The molecule has 1 aliphatic carbocycles. The van der Waals surface area contributed by atoms with Crippen LogP contribution in [-0.4, -0.2) is 56.0 Å². The van der Waals surface area contributed by atoms with Crippen molar-refractivity contribution in [1.29, 1.82) is 0 Å². The van der Waals surface area contributed by atoms with Crippen molar-refractivity contribution in [2.24, 2.45) is 0 Å². The van der Waals surface area contributed by atoms with Crippen LogP contribution in [0.3, 0.4) is 0 Å². The SMILES string of the molecule is CCOc1ccc(OCCNC(=O)CN(C2CC2)S(=O)(=O)c2cccnc2)cc1. The number of carbonyl (C=O) groups excluding carboxylic acids is 1. The summed E-state index contributed by atoms with van der Waals surface area (Å²) >= 11 is 0. The van der Waals surface area contributed by atoms with Crippen LogP contribution in [-0.2, 0) is 14.8 Å².